The summed E-state index contributed by atoms with van der Waals surface area (Å²) in [6, 6.07) is 13.1. The lowest BCUT2D eigenvalue weighted by atomic mass is 9.90. The molecule has 1 N–H and O–H groups in total. The highest BCUT2D eigenvalue weighted by molar-refractivity contribution is 5.93. The fraction of sp³-hybridized carbons (Fsp3) is 0.346. The first-order valence-corrected chi connectivity index (χ1v) is 11.4. The summed E-state index contributed by atoms with van der Waals surface area (Å²) in [5.41, 5.74) is -0.898. The molecule has 182 valence electrons. The van der Waals surface area contributed by atoms with Crippen molar-refractivity contribution in [2.45, 2.75) is 32.0 Å². The highest BCUT2D eigenvalue weighted by Gasteiger charge is 2.58. The maximum Gasteiger partial charge on any atom is 0.416 e. The van der Waals surface area contributed by atoms with Crippen LogP contribution in [0.15, 0.2) is 63.8 Å². The molecule has 2 heterocycles. The largest absolute Gasteiger partial charge is 0.451 e. The summed E-state index contributed by atoms with van der Waals surface area (Å²) in [6.07, 6.45) is -2.62. The average molecular weight is 484 g/mol. The average Bonchev–Trinajstić information content (AvgIpc) is 3.55. The van der Waals surface area contributed by atoms with Crippen LogP contribution >= 0.6 is 0 Å². The number of carbonyl (C=O) groups is 2. The Labute approximate surface area is 198 Å². The van der Waals surface area contributed by atoms with Gasteiger partial charge in [-0.05, 0) is 48.4 Å². The molecule has 1 spiro atoms. The van der Waals surface area contributed by atoms with E-state index in [1.807, 2.05) is 0 Å². The van der Waals surface area contributed by atoms with Crippen molar-refractivity contribution >= 4 is 22.8 Å². The second kappa shape index (κ2) is 8.55. The normalized spacial score (nSPS) is 19.1. The predicted molar refractivity (Wildman–Crippen MR) is 121 cm³/mol. The Kier molecular flexibility index (Phi) is 5.65. The zero-order valence-corrected chi connectivity index (χ0v) is 18.7. The second-order valence-corrected chi connectivity index (χ2v) is 9.26. The third-order valence-electron chi connectivity index (χ3n) is 7.17. The molecule has 6 nitrogen and oxygen atoms in total. The molecule has 9 heteroatoms. The van der Waals surface area contributed by atoms with Crippen LogP contribution in [-0.4, -0.2) is 29.8 Å². The van der Waals surface area contributed by atoms with Crippen molar-refractivity contribution in [1.82, 2.24) is 10.2 Å². The van der Waals surface area contributed by atoms with Gasteiger partial charge in [0.05, 0.1) is 10.9 Å². The van der Waals surface area contributed by atoms with Gasteiger partial charge in [-0.2, -0.15) is 13.2 Å². The molecule has 1 aliphatic carbocycles. The molecule has 1 aliphatic heterocycles. The van der Waals surface area contributed by atoms with E-state index in [-0.39, 0.29) is 46.4 Å². The number of carbonyl (C=O) groups excluding carboxylic acids is 2. The predicted octanol–water partition coefficient (Wildman–Crippen LogP) is 4.37. The fourth-order valence-electron chi connectivity index (χ4n) is 5.05. The number of piperidine rings is 1. The Bertz CT molecular complexity index is 1360. The molecule has 2 aromatic carbocycles. The van der Waals surface area contributed by atoms with Crippen LogP contribution in [0.1, 0.15) is 40.9 Å². The van der Waals surface area contributed by atoms with E-state index >= 15 is 0 Å². The summed E-state index contributed by atoms with van der Waals surface area (Å²) < 4.78 is 45.2. The third-order valence-corrected chi connectivity index (χ3v) is 7.17. The number of para-hydroxylation sites is 1. The van der Waals surface area contributed by atoms with Crippen LogP contribution in [0.2, 0.25) is 0 Å². The zero-order valence-electron chi connectivity index (χ0n) is 18.7. The molecular formula is C26H23F3N2O4. The summed E-state index contributed by atoms with van der Waals surface area (Å²) in [7, 11) is 0. The van der Waals surface area contributed by atoms with Crippen LogP contribution in [0.4, 0.5) is 13.2 Å². The number of amides is 2. The number of fused-ring (bicyclic) bond motifs is 1. The number of nitrogens with zero attached hydrogens (tertiary/aromatic N) is 1. The van der Waals surface area contributed by atoms with E-state index in [0.29, 0.717) is 43.3 Å². The maximum absolute atomic E-state index is 13.2. The van der Waals surface area contributed by atoms with E-state index in [0.717, 1.165) is 6.07 Å². The molecule has 1 saturated carbocycles. The van der Waals surface area contributed by atoms with Gasteiger partial charge in [-0.3, -0.25) is 14.4 Å². The topological polar surface area (TPSA) is 79.6 Å². The van der Waals surface area contributed by atoms with Gasteiger partial charge in [0.1, 0.15) is 5.58 Å². The number of hydrogen-bond acceptors (Lipinski definition) is 4. The van der Waals surface area contributed by atoms with E-state index in [1.54, 1.807) is 29.2 Å². The van der Waals surface area contributed by atoms with Crippen molar-refractivity contribution < 1.29 is 27.2 Å². The van der Waals surface area contributed by atoms with E-state index in [9.17, 15) is 27.6 Å². The van der Waals surface area contributed by atoms with Crippen molar-refractivity contribution in [3.63, 3.8) is 0 Å². The van der Waals surface area contributed by atoms with Gasteiger partial charge in [0.15, 0.2) is 11.2 Å². The molecule has 0 radical (unpaired) electrons. The summed E-state index contributed by atoms with van der Waals surface area (Å²) >= 11 is 0. The summed E-state index contributed by atoms with van der Waals surface area (Å²) in [5.74, 6) is -0.926. The van der Waals surface area contributed by atoms with Crippen molar-refractivity contribution in [3.8, 4) is 0 Å². The number of likely N-dealkylation sites (tertiary alicyclic amines) is 1. The van der Waals surface area contributed by atoms with Crippen molar-refractivity contribution in [2.24, 2.45) is 11.3 Å². The molecule has 2 fully saturated rings. The minimum atomic E-state index is -4.48. The molecule has 5 rings (SSSR count). The van der Waals surface area contributed by atoms with Gasteiger partial charge in [0.25, 0.3) is 5.91 Å². The molecule has 0 bridgehead atoms. The molecule has 2 amide bonds. The van der Waals surface area contributed by atoms with Gasteiger partial charge in [0.2, 0.25) is 5.91 Å². The van der Waals surface area contributed by atoms with Gasteiger partial charge in [-0.1, -0.05) is 30.3 Å². The number of alkyl halides is 3. The van der Waals surface area contributed by atoms with E-state index in [1.165, 1.54) is 24.3 Å². The monoisotopic (exact) mass is 484 g/mol. The smallest absolute Gasteiger partial charge is 0.416 e. The number of benzene rings is 2. The maximum atomic E-state index is 13.2. The standard InChI is InChI=1S/C26H23F3N2O4/c27-26(28,29)18-7-3-1-5-16(18)15-30-23(33)19-14-25(19)9-11-31(12-10-25)24(34)22-13-20(32)17-6-2-4-8-21(17)35-22/h1-8,13,19H,9-12,14-15H2,(H,30,33)/t19-/m0/s1. The van der Waals surface area contributed by atoms with Crippen LogP contribution in [0.25, 0.3) is 11.0 Å². The quantitative estimate of drug-likeness (QED) is 0.597. The molecule has 0 unspecified atom stereocenters. The fourth-order valence-corrected chi connectivity index (χ4v) is 5.05. The minimum Gasteiger partial charge on any atom is -0.451 e. The summed E-state index contributed by atoms with van der Waals surface area (Å²) in [4.78, 5) is 39.6. The number of hydrogen-bond donors (Lipinski definition) is 1. The Balaban J connectivity index is 1.19. The first-order chi connectivity index (χ1) is 16.7. The highest BCUT2D eigenvalue weighted by atomic mass is 19.4. The van der Waals surface area contributed by atoms with Crippen LogP contribution < -0.4 is 10.7 Å². The van der Waals surface area contributed by atoms with Gasteiger partial charge in [-0.25, -0.2) is 0 Å². The van der Waals surface area contributed by atoms with Crippen LogP contribution in [0.5, 0.6) is 0 Å². The molecular weight excluding hydrogens is 461 g/mol. The van der Waals surface area contributed by atoms with Gasteiger partial charge >= 0.3 is 6.18 Å². The lowest BCUT2D eigenvalue weighted by Gasteiger charge is -2.32. The highest BCUT2D eigenvalue weighted by Crippen LogP contribution is 2.59. The molecule has 2 aliphatic rings. The van der Waals surface area contributed by atoms with Crippen LogP contribution in [0, 0.1) is 11.3 Å². The Morgan fingerprint density at radius 2 is 1.74 bits per heavy atom. The van der Waals surface area contributed by atoms with Gasteiger partial charge in [0, 0.05) is 31.6 Å². The van der Waals surface area contributed by atoms with E-state index in [2.05, 4.69) is 5.32 Å². The van der Waals surface area contributed by atoms with Crippen LogP contribution in [0.3, 0.4) is 0 Å². The third kappa shape index (κ3) is 4.42. The first-order valence-electron chi connectivity index (χ1n) is 11.4. The van der Waals surface area contributed by atoms with Crippen molar-refractivity contribution in [3.05, 3.63) is 81.7 Å². The first kappa shape index (κ1) is 23.1. The number of halogens is 3. The lowest BCUT2D eigenvalue weighted by Crippen LogP contribution is -2.40. The Morgan fingerprint density at radius 3 is 2.49 bits per heavy atom. The zero-order chi connectivity index (χ0) is 24.8. The molecule has 35 heavy (non-hydrogen) atoms. The number of nitrogens with one attached hydrogen (secondary N) is 1. The molecule has 1 atom stereocenters. The van der Waals surface area contributed by atoms with Gasteiger partial charge < -0.3 is 14.6 Å². The van der Waals surface area contributed by atoms with Crippen LogP contribution in [-0.2, 0) is 17.5 Å². The minimum absolute atomic E-state index is 0.0157. The summed E-state index contributed by atoms with van der Waals surface area (Å²) in [5, 5.41) is 3.07. The van der Waals surface area contributed by atoms with Crippen molar-refractivity contribution in [1.29, 1.82) is 0 Å². The van der Waals surface area contributed by atoms with E-state index in [4.69, 9.17) is 4.42 Å². The molecule has 1 aromatic heterocycles. The Morgan fingerprint density at radius 1 is 1.06 bits per heavy atom. The Hall–Kier alpha value is -3.62. The van der Waals surface area contributed by atoms with Gasteiger partial charge in [-0.15, -0.1) is 0 Å². The number of rotatable bonds is 4. The molecule has 3 aromatic rings. The second-order valence-electron chi connectivity index (χ2n) is 9.26. The SMILES string of the molecule is O=C(NCc1ccccc1C(F)(F)F)[C@@H]1CC12CCN(C(=O)c1cc(=O)c3ccccc3o1)CC2. The van der Waals surface area contributed by atoms with Crippen molar-refractivity contribution in [2.75, 3.05) is 13.1 Å². The molecule has 1 saturated heterocycles. The summed E-state index contributed by atoms with van der Waals surface area (Å²) in [6.45, 7) is 0.638. The van der Waals surface area contributed by atoms with E-state index < -0.39 is 11.7 Å². The lowest BCUT2D eigenvalue weighted by molar-refractivity contribution is -0.138.